The summed E-state index contributed by atoms with van der Waals surface area (Å²) in [4.78, 5) is 25.8. The van der Waals surface area contributed by atoms with Gasteiger partial charge >= 0.3 is 11.7 Å². The Balaban J connectivity index is 1.97. The van der Waals surface area contributed by atoms with Crippen molar-refractivity contribution < 1.29 is 4.79 Å². The van der Waals surface area contributed by atoms with Gasteiger partial charge in [-0.3, -0.25) is 4.90 Å². The van der Waals surface area contributed by atoms with Gasteiger partial charge in [-0.15, -0.1) is 6.58 Å². The van der Waals surface area contributed by atoms with Gasteiger partial charge in [0, 0.05) is 10.7 Å². The zero-order chi connectivity index (χ0) is 14.3. The van der Waals surface area contributed by atoms with Crippen LogP contribution in [0.25, 0.3) is 0 Å². The van der Waals surface area contributed by atoms with Crippen LogP contribution in [0.15, 0.2) is 41.7 Å². The van der Waals surface area contributed by atoms with Crippen molar-refractivity contribution in [2.75, 3.05) is 4.90 Å². The molecule has 6 nitrogen and oxygen atoms in total. The maximum atomic E-state index is 12.3. The molecule has 0 atom stereocenters. The van der Waals surface area contributed by atoms with E-state index >= 15 is 0 Å². The number of allylic oxidation sites excluding steroid dienone is 1. The molecule has 1 aromatic heterocycles. The molecular weight excluding hydrogens is 280 g/mol. The molecule has 1 aromatic carbocycles. The fraction of sp³-hybridized carbons (Fsp3) is 0.154. The number of aromatic nitrogens is 3. The maximum Gasteiger partial charge on any atom is 0.354 e. The average molecular weight is 291 g/mol. The van der Waals surface area contributed by atoms with Crippen molar-refractivity contribution in [3.8, 4) is 0 Å². The van der Waals surface area contributed by atoms with Gasteiger partial charge < -0.3 is 0 Å². The van der Waals surface area contributed by atoms with Crippen LogP contribution in [-0.2, 0) is 13.1 Å². The predicted octanol–water partition coefficient (Wildman–Crippen LogP) is 1.87. The number of carbonyl (C=O) groups is 1. The Morgan fingerprint density at radius 1 is 1.30 bits per heavy atom. The second-order valence-electron chi connectivity index (χ2n) is 4.35. The molecule has 0 radical (unpaired) electrons. The van der Waals surface area contributed by atoms with Crippen molar-refractivity contribution in [1.82, 2.24) is 14.3 Å². The minimum atomic E-state index is -0.443. The van der Waals surface area contributed by atoms with Gasteiger partial charge in [0.1, 0.15) is 0 Å². The highest BCUT2D eigenvalue weighted by Gasteiger charge is 2.33. The number of benzene rings is 1. The molecule has 0 saturated heterocycles. The van der Waals surface area contributed by atoms with Crippen molar-refractivity contribution in [2.24, 2.45) is 0 Å². The summed E-state index contributed by atoms with van der Waals surface area (Å²) in [6, 6.07) is 6.45. The molecule has 0 N–H and O–H groups in total. The van der Waals surface area contributed by atoms with Crippen molar-refractivity contribution in [1.29, 1.82) is 0 Å². The lowest BCUT2D eigenvalue weighted by Gasteiger charge is -2.14. The first-order valence-electron chi connectivity index (χ1n) is 5.99. The summed E-state index contributed by atoms with van der Waals surface area (Å²) in [5.74, 6) is 0.428. The number of nitrogens with zero attached hydrogens (tertiary/aromatic N) is 4. The van der Waals surface area contributed by atoms with Crippen LogP contribution >= 0.6 is 11.6 Å². The van der Waals surface area contributed by atoms with Gasteiger partial charge in [-0.1, -0.05) is 17.7 Å². The molecule has 0 fully saturated rings. The highest BCUT2D eigenvalue weighted by molar-refractivity contribution is 6.30. The van der Waals surface area contributed by atoms with E-state index in [4.69, 9.17) is 11.6 Å². The molecular formula is C13H11ClN4O2. The maximum absolute atomic E-state index is 12.3. The first-order chi connectivity index (χ1) is 9.61. The standard InChI is InChI=1S/C13H11ClN4O2/c1-2-7-17-13(20)18-11(15-17)8-16(12(18)19)10-5-3-9(14)4-6-10/h2-6H,1,7-8H2. The Hall–Kier alpha value is -2.34. The molecule has 0 unspecified atom stereocenters. The number of amides is 1. The van der Waals surface area contributed by atoms with Crippen LogP contribution < -0.4 is 10.6 Å². The summed E-state index contributed by atoms with van der Waals surface area (Å²) in [6.45, 7) is 4.10. The van der Waals surface area contributed by atoms with Gasteiger partial charge in [-0.2, -0.15) is 9.67 Å². The highest BCUT2D eigenvalue weighted by atomic mass is 35.5. The van der Waals surface area contributed by atoms with Crippen molar-refractivity contribution in [2.45, 2.75) is 13.1 Å². The van der Waals surface area contributed by atoms with Gasteiger partial charge in [0.25, 0.3) is 0 Å². The van der Waals surface area contributed by atoms with Crippen LogP contribution in [0.4, 0.5) is 10.5 Å². The minimum Gasteiger partial charge on any atom is -0.286 e. The second-order valence-corrected chi connectivity index (χ2v) is 4.79. The molecule has 1 aliphatic heterocycles. The number of halogens is 1. The van der Waals surface area contributed by atoms with Crippen LogP contribution in [0.5, 0.6) is 0 Å². The van der Waals surface area contributed by atoms with Gasteiger partial charge in [0.2, 0.25) is 0 Å². The molecule has 1 amide bonds. The lowest BCUT2D eigenvalue weighted by Crippen LogP contribution is -2.34. The number of anilines is 1. The van der Waals surface area contributed by atoms with E-state index in [1.54, 1.807) is 30.3 Å². The molecule has 7 heteroatoms. The molecule has 20 heavy (non-hydrogen) atoms. The first-order valence-corrected chi connectivity index (χ1v) is 6.36. The quantitative estimate of drug-likeness (QED) is 0.811. The lowest BCUT2D eigenvalue weighted by atomic mass is 10.3. The monoisotopic (exact) mass is 290 g/mol. The summed E-state index contributed by atoms with van der Waals surface area (Å²) in [6.07, 6.45) is 1.56. The summed E-state index contributed by atoms with van der Waals surface area (Å²) in [7, 11) is 0. The molecule has 0 aliphatic carbocycles. The summed E-state index contributed by atoms with van der Waals surface area (Å²) >= 11 is 5.82. The number of hydrogen-bond acceptors (Lipinski definition) is 3. The largest absolute Gasteiger partial charge is 0.354 e. The third-order valence-electron chi connectivity index (χ3n) is 3.07. The number of hydrogen-bond donors (Lipinski definition) is 0. The average Bonchev–Trinajstić information content (AvgIpc) is 2.90. The Morgan fingerprint density at radius 2 is 2.00 bits per heavy atom. The molecule has 0 spiro atoms. The van der Waals surface area contributed by atoms with E-state index < -0.39 is 11.7 Å². The van der Waals surface area contributed by atoms with Crippen LogP contribution in [0.1, 0.15) is 5.82 Å². The molecule has 0 bridgehead atoms. The topological polar surface area (TPSA) is 60.1 Å². The Kier molecular flexibility index (Phi) is 2.94. The normalized spacial score (nSPS) is 13.7. The lowest BCUT2D eigenvalue weighted by molar-refractivity contribution is 0.250. The van der Waals surface area contributed by atoms with E-state index in [2.05, 4.69) is 11.7 Å². The van der Waals surface area contributed by atoms with E-state index in [1.807, 2.05) is 0 Å². The number of rotatable bonds is 3. The van der Waals surface area contributed by atoms with Crippen molar-refractivity contribution in [3.63, 3.8) is 0 Å². The highest BCUT2D eigenvalue weighted by Crippen LogP contribution is 2.23. The first kappa shape index (κ1) is 12.7. The van der Waals surface area contributed by atoms with Crippen LogP contribution in [-0.4, -0.2) is 20.4 Å². The Labute approximate surface area is 119 Å². The van der Waals surface area contributed by atoms with Gasteiger partial charge in [-0.05, 0) is 24.3 Å². The number of carbonyl (C=O) groups excluding carboxylic acids is 1. The second kappa shape index (κ2) is 4.64. The number of fused-ring (bicyclic) bond motifs is 1. The SMILES string of the molecule is C=CCn1nc2n(c1=O)C(=O)N(c1ccc(Cl)cc1)C2. The molecule has 102 valence electrons. The Morgan fingerprint density at radius 3 is 2.60 bits per heavy atom. The Bertz CT molecular complexity index is 745. The third-order valence-corrected chi connectivity index (χ3v) is 3.32. The predicted molar refractivity (Wildman–Crippen MR) is 75.1 cm³/mol. The van der Waals surface area contributed by atoms with E-state index in [0.717, 1.165) is 4.57 Å². The van der Waals surface area contributed by atoms with E-state index in [-0.39, 0.29) is 13.1 Å². The van der Waals surface area contributed by atoms with Gasteiger partial charge in [0.15, 0.2) is 5.82 Å². The van der Waals surface area contributed by atoms with Crippen LogP contribution in [0, 0.1) is 0 Å². The van der Waals surface area contributed by atoms with Crippen LogP contribution in [0.3, 0.4) is 0 Å². The summed E-state index contributed by atoms with van der Waals surface area (Å²) in [5.41, 5.74) is 0.237. The molecule has 3 rings (SSSR count). The molecule has 0 saturated carbocycles. The third kappa shape index (κ3) is 1.85. The summed E-state index contributed by atoms with van der Waals surface area (Å²) < 4.78 is 2.30. The molecule has 2 aromatic rings. The van der Waals surface area contributed by atoms with E-state index in [9.17, 15) is 9.59 Å². The van der Waals surface area contributed by atoms with Gasteiger partial charge in [0.05, 0.1) is 13.1 Å². The van der Waals surface area contributed by atoms with E-state index in [0.29, 0.717) is 16.5 Å². The zero-order valence-corrected chi connectivity index (χ0v) is 11.2. The fourth-order valence-corrected chi connectivity index (χ4v) is 2.27. The molecule has 1 aliphatic rings. The van der Waals surface area contributed by atoms with Crippen molar-refractivity contribution >= 4 is 23.3 Å². The molecule has 2 heterocycles. The van der Waals surface area contributed by atoms with Crippen molar-refractivity contribution in [3.05, 3.63) is 58.3 Å². The van der Waals surface area contributed by atoms with Gasteiger partial charge in [-0.25, -0.2) is 14.3 Å². The minimum absolute atomic E-state index is 0.264. The fourth-order valence-electron chi connectivity index (χ4n) is 2.14. The zero-order valence-electron chi connectivity index (χ0n) is 10.5. The summed E-state index contributed by atoms with van der Waals surface area (Å²) in [5, 5.41) is 4.72. The van der Waals surface area contributed by atoms with E-state index in [1.165, 1.54) is 9.58 Å². The smallest absolute Gasteiger partial charge is 0.286 e. The van der Waals surface area contributed by atoms with Crippen LogP contribution in [0.2, 0.25) is 5.02 Å².